The van der Waals surface area contributed by atoms with Crippen LogP contribution in [0.3, 0.4) is 0 Å². The van der Waals surface area contributed by atoms with Crippen molar-refractivity contribution in [2.45, 2.75) is 42.7 Å². The van der Waals surface area contributed by atoms with Crippen LogP contribution < -0.4 is 51.4 Å². The first-order chi connectivity index (χ1) is 11.7. The maximum atomic E-state index is 10.6. The number of aliphatic hydroxyl groups is 4. The van der Waals surface area contributed by atoms with E-state index in [9.17, 15) is 28.3 Å². The molecule has 5 unspecified atom stereocenters. The van der Waals surface area contributed by atoms with Gasteiger partial charge < -0.3 is 29.7 Å². The Labute approximate surface area is 202 Å². The number of rotatable bonds is 8. The predicted octanol–water partition coefficient (Wildman–Crippen LogP) is -4.03. The van der Waals surface area contributed by atoms with Gasteiger partial charge in [-0.05, 0) is 18.1 Å². The van der Waals surface area contributed by atoms with Crippen molar-refractivity contribution < 1.29 is 93.8 Å². The molecular weight excluding hydrogens is 437 g/mol. The van der Waals surface area contributed by atoms with E-state index in [1.165, 1.54) is 11.8 Å². The van der Waals surface area contributed by atoms with Crippen molar-refractivity contribution in [3.63, 3.8) is 0 Å². The number of thioether (sulfide) groups is 2. The van der Waals surface area contributed by atoms with Crippen LogP contribution in [-0.2, 0) is 19.4 Å². The molecule has 0 aromatic heterocycles. The van der Waals surface area contributed by atoms with Gasteiger partial charge in [0.1, 0.15) is 34.9 Å². The van der Waals surface area contributed by atoms with Gasteiger partial charge in [0.25, 0.3) is 10.4 Å². The molecule has 5 atom stereocenters. The number of hydrogen-bond acceptors (Lipinski definition) is 12. The second-order valence-corrected chi connectivity index (χ2v) is 7.81. The van der Waals surface area contributed by atoms with E-state index in [4.69, 9.17) is 9.84 Å². The third kappa shape index (κ3) is 9.64. The van der Waals surface area contributed by atoms with Gasteiger partial charge in [0, 0.05) is 6.42 Å². The van der Waals surface area contributed by atoms with Gasteiger partial charge in [-0.2, -0.15) is 8.42 Å². The van der Waals surface area contributed by atoms with Crippen LogP contribution in [0.25, 0.3) is 0 Å². The van der Waals surface area contributed by atoms with Crippen molar-refractivity contribution in [1.82, 2.24) is 0 Å². The standard InChI is InChI=1S/C12H21NO9S3.K/c1-23-5-3-2-4-8(13-22-25(18,19)20)24-12-11(17)10(16)9(15)7(6-14)21-12;/h3,5,7,9-12,14-17H,2,4,6H2,1H3,(H,18,19,20);/q;+1/p-1. The molecule has 0 aromatic rings. The van der Waals surface area contributed by atoms with E-state index < -0.39 is 46.9 Å². The van der Waals surface area contributed by atoms with Crippen molar-refractivity contribution in [3.05, 3.63) is 11.5 Å². The minimum absolute atomic E-state index is 0. The maximum absolute atomic E-state index is 10.6. The van der Waals surface area contributed by atoms with Gasteiger partial charge in [-0.15, -0.1) is 11.8 Å². The normalized spacial score (nSPS) is 30.2. The first kappa shape index (κ1) is 27.3. The molecule has 1 fully saturated rings. The van der Waals surface area contributed by atoms with Gasteiger partial charge in [-0.1, -0.05) is 23.0 Å². The zero-order chi connectivity index (χ0) is 19.0. The third-order valence-corrected chi connectivity index (χ3v) is 4.98. The minimum Gasteiger partial charge on any atom is -0.714 e. The molecule has 0 aliphatic carbocycles. The zero-order valence-corrected chi connectivity index (χ0v) is 19.7. The van der Waals surface area contributed by atoms with Gasteiger partial charge in [0.15, 0.2) is 0 Å². The minimum atomic E-state index is -5.05. The van der Waals surface area contributed by atoms with Crippen LogP contribution in [0.5, 0.6) is 0 Å². The molecular formula is C12H20KNO9S3. The van der Waals surface area contributed by atoms with Gasteiger partial charge >= 0.3 is 51.4 Å². The summed E-state index contributed by atoms with van der Waals surface area (Å²) in [7, 11) is -5.05. The Hall–Kier alpha value is 1.26. The molecule has 146 valence electrons. The first-order valence-electron chi connectivity index (χ1n) is 7.06. The molecule has 26 heavy (non-hydrogen) atoms. The van der Waals surface area contributed by atoms with E-state index in [0.717, 1.165) is 11.8 Å². The van der Waals surface area contributed by atoms with Gasteiger partial charge in [0.05, 0.1) is 6.61 Å². The fraction of sp³-hybridized carbons (Fsp3) is 0.750. The monoisotopic (exact) mass is 457 g/mol. The SMILES string of the molecule is CSC=CCCC(=NOS(=O)(=O)[O-])SC1OC(CO)C(O)C(O)C1O.[K+]. The largest absolute Gasteiger partial charge is 1.00 e. The van der Waals surface area contributed by atoms with Crippen LogP contribution in [0, 0.1) is 0 Å². The van der Waals surface area contributed by atoms with E-state index in [1.54, 1.807) is 11.5 Å². The van der Waals surface area contributed by atoms with Gasteiger partial charge in [-0.25, -0.2) is 0 Å². The van der Waals surface area contributed by atoms with E-state index >= 15 is 0 Å². The first-order valence-corrected chi connectivity index (χ1v) is 10.6. The van der Waals surface area contributed by atoms with Crippen molar-refractivity contribution in [3.8, 4) is 0 Å². The number of aliphatic hydroxyl groups excluding tert-OH is 4. The van der Waals surface area contributed by atoms with Crippen molar-refractivity contribution >= 4 is 39.0 Å². The molecule has 0 amide bonds. The van der Waals surface area contributed by atoms with Crippen LogP contribution in [0.2, 0.25) is 0 Å². The molecule has 1 rings (SSSR count). The summed E-state index contributed by atoms with van der Waals surface area (Å²) in [5.74, 6) is 0. The second kappa shape index (κ2) is 13.5. The summed E-state index contributed by atoms with van der Waals surface area (Å²) in [6, 6.07) is 0. The Balaban J connectivity index is 0.00000625. The molecule has 1 aliphatic heterocycles. The smallest absolute Gasteiger partial charge is 0.714 e. The molecule has 0 saturated carbocycles. The van der Waals surface area contributed by atoms with Crippen LogP contribution in [-0.4, -0.2) is 81.2 Å². The molecule has 10 nitrogen and oxygen atoms in total. The molecule has 0 radical (unpaired) electrons. The summed E-state index contributed by atoms with van der Waals surface area (Å²) < 4.78 is 40.9. The zero-order valence-electron chi connectivity index (χ0n) is 14.2. The fourth-order valence-electron chi connectivity index (χ4n) is 1.88. The molecule has 4 N–H and O–H groups in total. The maximum Gasteiger partial charge on any atom is 1.00 e. The van der Waals surface area contributed by atoms with Gasteiger partial charge in [0.2, 0.25) is 0 Å². The fourth-order valence-corrected chi connectivity index (χ4v) is 3.52. The molecule has 1 heterocycles. The van der Waals surface area contributed by atoms with E-state index in [0.29, 0.717) is 6.42 Å². The summed E-state index contributed by atoms with van der Waals surface area (Å²) in [4.78, 5) is 0. The Morgan fingerprint density at radius 2 is 1.96 bits per heavy atom. The predicted molar refractivity (Wildman–Crippen MR) is 91.5 cm³/mol. The Kier molecular flexibility index (Phi) is 14.1. The molecule has 14 heteroatoms. The van der Waals surface area contributed by atoms with E-state index in [-0.39, 0.29) is 62.8 Å². The summed E-state index contributed by atoms with van der Waals surface area (Å²) in [6.45, 7) is -0.601. The summed E-state index contributed by atoms with van der Waals surface area (Å²) in [5, 5.41) is 43.7. The molecule has 0 bridgehead atoms. The molecule has 0 aromatic carbocycles. The topological polar surface area (TPSA) is 169 Å². The average molecular weight is 458 g/mol. The second-order valence-electron chi connectivity index (χ2n) is 4.93. The Bertz CT molecular complexity index is 572. The van der Waals surface area contributed by atoms with E-state index in [1.807, 2.05) is 6.26 Å². The number of nitrogens with zero attached hydrogens (tertiary/aromatic N) is 1. The van der Waals surface area contributed by atoms with Crippen molar-refractivity contribution in [2.75, 3.05) is 12.9 Å². The van der Waals surface area contributed by atoms with Crippen LogP contribution in [0.4, 0.5) is 0 Å². The molecule has 1 aliphatic rings. The number of oxime groups is 1. The Morgan fingerprint density at radius 3 is 2.50 bits per heavy atom. The summed E-state index contributed by atoms with van der Waals surface area (Å²) in [6.07, 6.45) is -1.50. The van der Waals surface area contributed by atoms with Crippen molar-refractivity contribution in [2.24, 2.45) is 5.16 Å². The number of hydrogen-bond donors (Lipinski definition) is 4. The Morgan fingerprint density at radius 1 is 1.31 bits per heavy atom. The summed E-state index contributed by atoms with van der Waals surface area (Å²) >= 11 is 2.18. The van der Waals surface area contributed by atoms with Crippen LogP contribution >= 0.6 is 23.5 Å². The van der Waals surface area contributed by atoms with Crippen LogP contribution in [0.15, 0.2) is 16.6 Å². The average Bonchev–Trinajstić information content (AvgIpc) is 2.55. The van der Waals surface area contributed by atoms with Gasteiger partial charge in [-0.3, -0.25) is 4.28 Å². The van der Waals surface area contributed by atoms with Crippen molar-refractivity contribution in [1.29, 1.82) is 0 Å². The molecule has 1 saturated heterocycles. The molecule has 0 spiro atoms. The van der Waals surface area contributed by atoms with E-state index in [2.05, 4.69) is 9.44 Å². The van der Waals surface area contributed by atoms with Crippen LogP contribution in [0.1, 0.15) is 12.8 Å². The summed E-state index contributed by atoms with van der Waals surface area (Å²) in [5.41, 5.74) is -1.16. The third-order valence-electron chi connectivity index (χ3n) is 3.09. The quantitative estimate of drug-likeness (QED) is 0.0699. The number of allylic oxidation sites excluding steroid dienone is 1. The number of ether oxygens (including phenoxy) is 1.